The molecule has 0 aliphatic carbocycles. The van der Waals surface area contributed by atoms with E-state index in [4.69, 9.17) is 27.6 Å². The number of hydrogen-bond acceptors (Lipinski definition) is 2. The number of furan rings is 1. The SMILES string of the molecule is O=C(/C=C/c1ccc(-c2cc(Cl)cc(Cl)c2)o1)c1ccc(Br)cc1. The fourth-order valence-corrected chi connectivity index (χ4v) is 2.95. The van der Waals surface area contributed by atoms with Gasteiger partial charge in [-0.05, 0) is 66.7 Å². The lowest BCUT2D eigenvalue weighted by Gasteiger charge is -1.99. The minimum atomic E-state index is -0.0914. The summed E-state index contributed by atoms with van der Waals surface area (Å²) in [5.41, 5.74) is 1.40. The maximum Gasteiger partial charge on any atom is 0.185 e. The molecule has 0 radical (unpaired) electrons. The number of ketones is 1. The van der Waals surface area contributed by atoms with Gasteiger partial charge in [-0.3, -0.25) is 4.79 Å². The molecule has 0 bridgehead atoms. The molecule has 2 nitrogen and oxygen atoms in total. The molecule has 1 aromatic heterocycles. The van der Waals surface area contributed by atoms with Crippen LogP contribution in [0.2, 0.25) is 10.0 Å². The molecule has 3 rings (SSSR count). The molecule has 0 unspecified atom stereocenters. The van der Waals surface area contributed by atoms with Crippen LogP contribution in [0.1, 0.15) is 16.1 Å². The third kappa shape index (κ3) is 4.18. The number of rotatable bonds is 4. The molecule has 2 aromatic carbocycles. The lowest BCUT2D eigenvalue weighted by molar-refractivity contribution is 0.104. The largest absolute Gasteiger partial charge is 0.457 e. The number of benzene rings is 2. The van der Waals surface area contributed by atoms with Crippen LogP contribution in [0.25, 0.3) is 17.4 Å². The van der Waals surface area contributed by atoms with Crippen LogP contribution in [-0.4, -0.2) is 5.78 Å². The maximum absolute atomic E-state index is 12.1. The topological polar surface area (TPSA) is 30.2 Å². The van der Waals surface area contributed by atoms with Gasteiger partial charge in [0.1, 0.15) is 11.5 Å². The van der Waals surface area contributed by atoms with Crippen LogP contribution in [0.5, 0.6) is 0 Å². The summed E-state index contributed by atoms with van der Waals surface area (Å²) in [5.74, 6) is 1.12. The number of halogens is 3. The van der Waals surface area contributed by atoms with Gasteiger partial charge in [-0.2, -0.15) is 0 Å². The van der Waals surface area contributed by atoms with Crippen LogP contribution < -0.4 is 0 Å². The van der Waals surface area contributed by atoms with Gasteiger partial charge in [-0.15, -0.1) is 0 Å². The second-order valence-electron chi connectivity index (χ2n) is 5.06. The Morgan fingerprint density at radius 1 is 0.958 bits per heavy atom. The number of carbonyl (C=O) groups is 1. The van der Waals surface area contributed by atoms with Crippen molar-refractivity contribution >= 4 is 51.0 Å². The van der Waals surface area contributed by atoms with E-state index in [-0.39, 0.29) is 5.78 Å². The van der Waals surface area contributed by atoms with Crippen LogP contribution in [0, 0.1) is 0 Å². The van der Waals surface area contributed by atoms with Crippen LogP contribution in [-0.2, 0) is 0 Å². The van der Waals surface area contributed by atoms with E-state index in [0.717, 1.165) is 10.0 Å². The predicted octanol–water partition coefficient (Wildman–Crippen LogP) is 6.91. The van der Waals surface area contributed by atoms with E-state index < -0.39 is 0 Å². The third-order valence-electron chi connectivity index (χ3n) is 3.30. The van der Waals surface area contributed by atoms with E-state index in [0.29, 0.717) is 27.1 Å². The van der Waals surface area contributed by atoms with Gasteiger partial charge < -0.3 is 4.42 Å². The second-order valence-corrected chi connectivity index (χ2v) is 6.85. The summed E-state index contributed by atoms with van der Waals surface area (Å²) in [6.45, 7) is 0. The number of carbonyl (C=O) groups excluding carboxylic acids is 1. The van der Waals surface area contributed by atoms with Crippen LogP contribution in [0.3, 0.4) is 0 Å². The van der Waals surface area contributed by atoms with Crippen molar-refractivity contribution in [3.8, 4) is 11.3 Å². The Morgan fingerprint density at radius 2 is 1.62 bits per heavy atom. The van der Waals surface area contributed by atoms with E-state index in [1.54, 1.807) is 42.5 Å². The van der Waals surface area contributed by atoms with E-state index in [2.05, 4.69) is 15.9 Å². The van der Waals surface area contributed by atoms with Crippen molar-refractivity contribution in [1.29, 1.82) is 0 Å². The highest BCUT2D eigenvalue weighted by Gasteiger charge is 2.07. The van der Waals surface area contributed by atoms with Gasteiger partial charge in [-0.1, -0.05) is 39.1 Å². The normalized spacial score (nSPS) is 11.1. The Morgan fingerprint density at radius 3 is 2.29 bits per heavy atom. The molecule has 5 heteroatoms. The van der Waals surface area contributed by atoms with Gasteiger partial charge >= 0.3 is 0 Å². The van der Waals surface area contributed by atoms with Crippen LogP contribution in [0.15, 0.2) is 69.6 Å². The molecule has 0 saturated carbocycles. The Kier molecular flexibility index (Phi) is 5.24. The van der Waals surface area contributed by atoms with Crippen molar-refractivity contribution in [2.45, 2.75) is 0 Å². The Balaban J connectivity index is 1.78. The van der Waals surface area contributed by atoms with Gasteiger partial charge in [0.2, 0.25) is 0 Å². The van der Waals surface area contributed by atoms with Gasteiger partial charge in [0.25, 0.3) is 0 Å². The van der Waals surface area contributed by atoms with Crippen molar-refractivity contribution in [2.75, 3.05) is 0 Å². The van der Waals surface area contributed by atoms with Crippen molar-refractivity contribution in [3.05, 3.63) is 86.5 Å². The maximum atomic E-state index is 12.1. The smallest absolute Gasteiger partial charge is 0.185 e. The van der Waals surface area contributed by atoms with Crippen molar-refractivity contribution in [2.24, 2.45) is 0 Å². The highest BCUT2D eigenvalue weighted by Crippen LogP contribution is 2.29. The first kappa shape index (κ1) is 17.0. The average Bonchev–Trinajstić information content (AvgIpc) is 3.01. The molecule has 3 aromatic rings. The zero-order valence-electron chi connectivity index (χ0n) is 12.3. The molecule has 0 aliphatic rings. The van der Waals surface area contributed by atoms with E-state index in [9.17, 15) is 4.79 Å². The van der Waals surface area contributed by atoms with E-state index >= 15 is 0 Å². The molecular weight excluding hydrogens is 411 g/mol. The van der Waals surface area contributed by atoms with E-state index in [1.165, 1.54) is 6.08 Å². The predicted molar refractivity (Wildman–Crippen MR) is 102 cm³/mol. The third-order valence-corrected chi connectivity index (χ3v) is 4.27. The Bertz CT molecular complexity index is 891. The molecule has 0 atom stereocenters. The molecule has 0 aliphatic heterocycles. The molecule has 0 fully saturated rings. The second kappa shape index (κ2) is 7.39. The van der Waals surface area contributed by atoms with E-state index in [1.807, 2.05) is 18.2 Å². The Labute approximate surface area is 157 Å². The average molecular weight is 422 g/mol. The van der Waals surface area contributed by atoms with Gasteiger partial charge in [0.15, 0.2) is 5.78 Å². The summed E-state index contributed by atoms with van der Waals surface area (Å²) in [4.78, 5) is 12.1. The Hall–Kier alpha value is -1.81. The first-order valence-corrected chi connectivity index (χ1v) is 8.60. The molecule has 0 saturated heterocycles. The quantitative estimate of drug-likeness (QED) is 0.338. The fraction of sp³-hybridized carbons (Fsp3) is 0. The highest BCUT2D eigenvalue weighted by atomic mass is 79.9. The monoisotopic (exact) mass is 420 g/mol. The van der Waals surface area contributed by atoms with Crippen LogP contribution in [0.4, 0.5) is 0 Å². The first-order chi connectivity index (χ1) is 11.5. The summed E-state index contributed by atoms with van der Waals surface area (Å²) in [5, 5.41) is 1.08. The summed E-state index contributed by atoms with van der Waals surface area (Å²) in [6.07, 6.45) is 3.12. The minimum Gasteiger partial charge on any atom is -0.457 e. The molecule has 120 valence electrons. The summed E-state index contributed by atoms with van der Waals surface area (Å²) < 4.78 is 6.65. The summed E-state index contributed by atoms with van der Waals surface area (Å²) >= 11 is 15.3. The van der Waals surface area contributed by atoms with Gasteiger partial charge in [0, 0.05) is 25.6 Å². The fourth-order valence-electron chi connectivity index (χ4n) is 2.16. The molecule has 0 spiro atoms. The number of allylic oxidation sites excluding steroid dienone is 1. The minimum absolute atomic E-state index is 0.0914. The molecule has 24 heavy (non-hydrogen) atoms. The van der Waals surface area contributed by atoms with Crippen LogP contribution >= 0.6 is 39.1 Å². The molecule has 0 N–H and O–H groups in total. The highest BCUT2D eigenvalue weighted by molar-refractivity contribution is 9.10. The summed E-state index contributed by atoms with van der Waals surface area (Å²) in [6, 6.07) is 16.0. The zero-order valence-corrected chi connectivity index (χ0v) is 15.4. The molecule has 1 heterocycles. The first-order valence-electron chi connectivity index (χ1n) is 7.05. The summed E-state index contributed by atoms with van der Waals surface area (Å²) in [7, 11) is 0. The van der Waals surface area contributed by atoms with Crippen molar-refractivity contribution in [1.82, 2.24) is 0 Å². The number of hydrogen-bond donors (Lipinski definition) is 0. The van der Waals surface area contributed by atoms with Crippen molar-refractivity contribution < 1.29 is 9.21 Å². The lowest BCUT2D eigenvalue weighted by atomic mass is 10.1. The lowest BCUT2D eigenvalue weighted by Crippen LogP contribution is -1.92. The van der Waals surface area contributed by atoms with Gasteiger partial charge in [0.05, 0.1) is 0 Å². The molecular formula is C19H11BrCl2O2. The molecule has 0 amide bonds. The van der Waals surface area contributed by atoms with Crippen molar-refractivity contribution in [3.63, 3.8) is 0 Å². The standard InChI is InChI=1S/C19H11BrCl2O2/c20-14-3-1-12(2-4-14)18(23)7-5-17-6-8-19(24-17)13-9-15(21)11-16(22)10-13/h1-11H/b7-5+. The van der Waals surface area contributed by atoms with Gasteiger partial charge in [-0.25, -0.2) is 0 Å². The zero-order chi connectivity index (χ0) is 17.1.